The van der Waals surface area contributed by atoms with Gasteiger partial charge in [-0.25, -0.2) is 0 Å². The molecule has 14 rings (SSSR count). The third kappa shape index (κ3) is 6.00. The van der Waals surface area contributed by atoms with Crippen molar-refractivity contribution in [3.8, 4) is 16.8 Å². The number of rotatable bonds is 5. The molecule has 0 N–H and O–H groups in total. The van der Waals surface area contributed by atoms with E-state index in [1.807, 2.05) is 11.3 Å². The van der Waals surface area contributed by atoms with E-state index >= 15 is 0 Å². The Balaban J connectivity index is 1.08. The average molecular weight is 875 g/mol. The zero-order valence-corrected chi connectivity index (χ0v) is 37.6. The van der Waals surface area contributed by atoms with Crippen LogP contribution in [0.4, 0.5) is 0 Å². The van der Waals surface area contributed by atoms with Crippen LogP contribution in [-0.2, 0) is 0 Å². The molecule has 3 aromatic heterocycles. The fourth-order valence-electron chi connectivity index (χ4n) is 11.2. The lowest BCUT2D eigenvalue weighted by molar-refractivity contribution is 0.591. The third-order valence-electron chi connectivity index (χ3n) is 14.4. The van der Waals surface area contributed by atoms with Crippen molar-refractivity contribution in [2.45, 2.75) is 19.4 Å². The van der Waals surface area contributed by atoms with Crippen LogP contribution in [0, 0.1) is 5.92 Å². The standard InChI is InChI=1S/C63H42N2OS/c1-38-46(41-28-26-40(27-29-41)39-14-3-2-4-15-39)30-31-52(64-63(38)49-22-13-25-59-60(49)48-21-10-12-24-58(48)67-59)62-53(32-33-57-61(62)47-20-9-11-23-56(47)66-57)65-54-36-44-18-7-5-16-42(44)34-50(54)51-35-43-17-6-8-19-45(43)37-55(51)65/h2-30,32-38,63H,31H2,1H3/t38-,63?/m0/s1. The van der Waals surface area contributed by atoms with Crippen LogP contribution in [0.1, 0.15) is 36.1 Å². The first kappa shape index (κ1) is 38.2. The zero-order chi connectivity index (χ0) is 44.2. The molecule has 1 aliphatic rings. The van der Waals surface area contributed by atoms with Crippen molar-refractivity contribution < 1.29 is 4.42 Å². The normalized spacial score (nSPS) is 15.7. The fourth-order valence-corrected chi connectivity index (χ4v) is 12.4. The van der Waals surface area contributed by atoms with E-state index in [9.17, 15) is 0 Å². The lowest BCUT2D eigenvalue weighted by Crippen LogP contribution is -2.12. The molecular weight excluding hydrogens is 833 g/mol. The maximum absolute atomic E-state index is 6.77. The minimum Gasteiger partial charge on any atom is -0.456 e. The Hall–Kier alpha value is -8.05. The van der Waals surface area contributed by atoms with Crippen molar-refractivity contribution in [3.63, 3.8) is 0 Å². The minimum atomic E-state index is -0.188. The van der Waals surface area contributed by atoms with Crippen LogP contribution >= 0.6 is 11.3 Å². The van der Waals surface area contributed by atoms with Crippen molar-refractivity contribution in [1.29, 1.82) is 0 Å². The summed E-state index contributed by atoms with van der Waals surface area (Å²) in [6.07, 6.45) is 3.12. The smallest absolute Gasteiger partial charge is 0.136 e. The van der Waals surface area contributed by atoms with E-state index in [-0.39, 0.29) is 12.0 Å². The van der Waals surface area contributed by atoms with E-state index < -0.39 is 0 Å². The average Bonchev–Trinajstić information content (AvgIpc) is 4.01. The maximum atomic E-state index is 6.77. The van der Waals surface area contributed by atoms with Gasteiger partial charge in [0, 0.05) is 65.3 Å². The van der Waals surface area contributed by atoms with Crippen molar-refractivity contribution in [2.75, 3.05) is 0 Å². The number of furan rings is 1. The molecule has 0 spiro atoms. The molecule has 0 fully saturated rings. The highest BCUT2D eigenvalue weighted by molar-refractivity contribution is 7.25. The van der Waals surface area contributed by atoms with Gasteiger partial charge in [0.2, 0.25) is 0 Å². The Morgan fingerprint density at radius 1 is 0.493 bits per heavy atom. The number of allylic oxidation sites excluding steroid dienone is 1. The second-order valence-electron chi connectivity index (χ2n) is 18.1. The molecule has 2 atom stereocenters. The second kappa shape index (κ2) is 15.0. The summed E-state index contributed by atoms with van der Waals surface area (Å²) < 4.78 is 11.9. The van der Waals surface area contributed by atoms with Crippen molar-refractivity contribution in [1.82, 2.24) is 4.57 Å². The fraction of sp³-hybridized carbons (Fsp3) is 0.0635. The van der Waals surface area contributed by atoms with E-state index in [1.54, 1.807) is 0 Å². The van der Waals surface area contributed by atoms with E-state index in [1.165, 1.54) is 91.3 Å². The van der Waals surface area contributed by atoms with Gasteiger partial charge in [0.1, 0.15) is 11.2 Å². The third-order valence-corrected chi connectivity index (χ3v) is 15.5. The van der Waals surface area contributed by atoms with Gasteiger partial charge in [0.15, 0.2) is 0 Å². The first-order valence-corrected chi connectivity index (χ1v) is 24.1. The van der Waals surface area contributed by atoms with E-state index in [4.69, 9.17) is 9.41 Å². The van der Waals surface area contributed by atoms with Gasteiger partial charge in [0.25, 0.3) is 0 Å². The molecule has 0 radical (unpaired) electrons. The van der Waals surface area contributed by atoms with Crippen molar-refractivity contribution in [2.24, 2.45) is 10.9 Å². The van der Waals surface area contributed by atoms with Crippen LogP contribution in [0.2, 0.25) is 0 Å². The highest BCUT2D eigenvalue weighted by Gasteiger charge is 2.31. The van der Waals surface area contributed by atoms with Crippen LogP contribution in [0.15, 0.2) is 222 Å². The first-order chi connectivity index (χ1) is 33.1. The molecule has 67 heavy (non-hydrogen) atoms. The molecule has 316 valence electrons. The van der Waals surface area contributed by atoms with Crippen LogP contribution in [0.25, 0.3) is 108 Å². The zero-order valence-electron chi connectivity index (χ0n) is 36.8. The molecule has 0 aliphatic carbocycles. The summed E-state index contributed by atoms with van der Waals surface area (Å²) in [7, 11) is 0. The summed E-state index contributed by atoms with van der Waals surface area (Å²) in [5.41, 5.74) is 13.5. The number of hydrogen-bond acceptors (Lipinski definition) is 3. The van der Waals surface area contributed by atoms with E-state index in [0.717, 1.165) is 38.9 Å². The molecule has 10 aromatic carbocycles. The maximum Gasteiger partial charge on any atom is 0.136 e. The SMILES string of the molecule is C[C@H]1C(c2ccc(-c3ccccc3)cc2)=CCC(c2c(-n3c4cc5ccccc5cc4c4cc5ccccc5cc43)ccc3oc4ccccc4c23)=NC1c1cccc2sc3ccccc3c12. The molecule has 0 amide bonds. The van der Waals surface area contributed by atoms with Gasteiger partial charge in [-0.15, -0.1) is 11.3 Å². The van der Waals surface area contributed by atoms with Gasteiger partial charge in [-0.1, -0.05) is 165 Å². The monoisotopic (exact) mass is 874 g/mol. The Morgan fingerprint density at radius 2 is 1.09 bits per heavy atom. The van der Waals surface area contributed by atoms with E-state index in [2.05, 4.69) is 224 Å². The molecule has 4 heterocycles. The molecule has 3 nitrogen and oxygen atoms in total. The number of hydrogen-bond donors (Lipinski definition) is 0. The Kier molecular flexibility index (Phi) is 8.56. The lowest BCUT2D eigenvalue weighted by Gasteiger charge is -2.25. The quantitative estimate of drug-likeness (QED) is 0.169. The number of aliphatic imine (C=N–C) groups is 1. The highest BCUT2D eigenvalue weighted by Crippen LogP contribution is 2.48. The molecular formula is C63H42N2OS. The van der Waals surface area contributed by atoms with Gasteiger partial charge in [-0.3, -0.25) is 4.99 Å². The summed E-state index contributed by atoms with van der Waals surface area (Å²) >= 11 is 1.87. The molecule has 1 unspecified atom stereocenters. The van der Waals surface area contributed by atoms with Crippen LogP contribution in [0.5, 0.6) is 0 Å². The van der Waals surface area contributed by atoms with Gasteiger partial charge < -0.3 is 8.98 Å². The number of aromatic nitrogens is 1. The molecule has 1 aliphatic heterocycles. The number of benzene rings is 10. The van der Waals surface area contributed by atoms with Crippen molar-refractivity contribution >= 4 is 108 Å². The van der Waals surface area contributed by atoms with Crippen LogP contribution in [-0.4, -0.2) is 10.3 Å². The number of para-hydroxylation sites is 1. The largest absolute Gasteiger partial charge is 0.456 e. The van der Waals surface area contributed by atoms with Gasteiger partial charge in [-0.05, 0) is 104 Å². The lowest BCUT2D eigenvalue weighted by atomic mass is 9.83. The molecule has 0 saturated heterocycles. The summed E-state index contributed by atoms with van der Waals surface area (Å²) in [5, 5.41) is 12.1. The second-order valence-corrected chi connectivity index (χ2v) is 19.2. The van der Waals surface area contributed by atoms with Gasteiger partial charge in [-0.2, -0.15) is 0 Å². The summed E-state index contributed by atoms with van der Waals surface area (Å²) in [4.78, 5) is 6.16. The van der Waals surface area contributed by atoms with Gasteiger partial charge in [0.05, 0.1) is 22.8 Å². The number of fused-ring (bicyclic) bond motifs is 11. The predicted molar refractivity (Wildman–Crippen MR) is 285 cm³/mol. The predicted octanol–water partition coefficient (Wildman–Crippen LogP) is 17.7. The summed E-state index contributed by atoms with van der Waals surface area (Å²) in [6, 6.07) is 75.4. The minimum absolute atomic E-state index is 0.0547. The molecule has 0 bridgehead atoms. The molecule has 4 heteroatoms. The van der Waals surface area contributed by atoms with Crippen LogP contribution < -0.4 is 0 Å². The number of nitrogens with zero attached hydrogens (tertiary/aromatic N) is 2. The highest BCUT2D eigenvalue weighted by atomic mass is 32.1. The first-order valence-electron chi connectivity index (χ1n) is 23.3. The Bertz CT molecular complexity index is 4110. The van der Waals surface area contributed by atoms with E-state index in [0.29, 0.717) is 6.42 Å². The molecule has 0 saturated carbocycles. The van der Waals surface area contributed by atoms with Gasteiger partial charge >= 0.3 is 0 Å². The summed E-state index contributed by atoms with van der Waals surface area (Å²) in [6.45, 7) is 2.39. The topological polar surface area (TPSA) is 30.4 Å². The molecule has 13 aromatic rings. The summed E-state index contributed by atoms with van der Waals surface area (Å²) in [5.74, 6) is 0.0547. The van der Waals surface area contributed by atoms with Crippen LogP contribution in [0.3, 0.4) is 0 Å². The Morgan fingerprint density at radius 3 is 1.82 bits per heavy atom. The van der Waals surface area contributed by atoms with Crippen molar-refractivity contribution in [3.05, 3.63) is 229 Å². The Labute approximate surface area is 391 Å². The number of thiophene rings is 1.